The molecule has 1 aliphatic heterocycles. The molecule has 1 N–H and O–H groups in total. The first-order valence-electron chi connectivity index (χ1n) is 7.02. The minimum atomic E-state index is -0.0154. The summed E-state index contributed by atoms with van der Waals surface area (Å²) in [4.78, 5) is 11.7. The van der Waals surface area contributed by atoms with Crippen LogP contribution in [0.15, 0.2) is 6.07 Å². The van der Waals surface area contributed by atoms with Crippen LogP contribution in [-0.4, -0.2) is 42.3 Å². The van der Waals surface area contributed by atoms with Gasteiger partial charge in [-0.25, -0.2) is 9.97 Å². The fraction of sp³-hybridized carbons (Fsp3) is 0.714. The van der Waals surface area contributed by atoms with Gasteiger partial charge in [0.15, 0.2) is 0 Å². The van der Waals surface area contributed by atoms with Crippen LogP contribution in [0.5, 0.6) is 0 Å². The highest BCUT2D eigenvalue weighted by molar-refractivity contribution is 5.51. The van der Waals surface area contributed by atoms with E-state index in [1.165, 1.54) is 12.8 Å². The predicted molar refractivity (Wildman–Crippen MR) is 75.8 cm³/mol. The number of morpholine rings is 1. The van der Waals surface area contributed by atoms with E-state index in [9.17, 15) is 0 Å². The maximum atomic E-state index is 5.58. The van der Waals surface area contributed by atoms with E-state index in [2.05, 4.69) is 29.0 Å². The van der Waals surface area contributed by atoms with Gasteiger partial charge in [-0.05, 0) is 26.7 Å². The number of aromatic nitrogens is 2. The van der Waals surface area contributed by atoms with Crippen LogP contribution in [0.3, 0.4) is 0 Å². The lowest BCUT2D eigenvalue weighted by Crippen LogP contribution is -2.53. The second-order valence-corrected chi connectivity index (χ2v) is 6.01. The second-order valence-electron chi connectivity index (χ2n) is 6.01. The van der Waals surface area contributed by atoms with Gasteiger partial charge in [0, 0.05) is 25.6 Å². The van der Waals surface area contributed by atoms with E-state index in [1.807, 2.05) is 13.1 Å². The summed E-state index contributed by atoms with van der Waals surface area (Å²) < 4.78 is 5.58. The fourth-order valence-corrected chi connectivity index (χ4v) is 2.53. The van der Waals surface area contributed by atoms with Crippen molar-refractivity contribution in [2.45, 2.75) is 38.1 Å². The van der Waals surface area contributed by atoms with Crippen LogP contribution in [0, 0.1) is 0 Å². The maximum absolute atomic E-state index is 5.58. The molecule has 1 aromatic heterocycles. The lowest BCUT2D eigenvalue weighted by atomic mass is 10.0. The third kappa shape index (κ3) is 2.52. The zero-order valence-corrected chi connectivity index (χ0v) is 11.9. The zero-order chi connectivity index (χ0) is 13.5. The Hall–Kier alpha value is -1.36. The molecular weight excluding hydrogens is 240 g/mol. The molecule has 0 bridgehead atoms. The van der Waals surface area contributed by atoms with Gasteiger partial charge in [-0.2, -0.15) is 0 Å². The summed E-state index contributed by atoms with van der Waals surface area (Å²) in [6.45, 7) is 6.79. The van der Waals surface area contributed by atoms with E-state index in [0.717, 1.165) is 37.2 Å². The van der Waals surface area contributed by atoms with E-state index in [0.29, 0.717) is 5.92 Å². The first kappa shape index (κ1) is 12.7. The van der Waals surface area contributed by atoms with Crippen molar-refractivity contribution in [1.82, 2.24) is 9.97 Å². The summed E-state index contributed by atoms with van der Waals surface area (Å²) >= 11 is 0. The van der Waals surface area contributed by atoms with Crippen molar-refractivity contribution in [2.24, 2.45) is 0 Å². The molecule has 19 heavy (non-hydrogen) atoms. The van der Waals surface area contributed by atoms with Gasteiger partial charge in [0.2, 0.25) is 0 Å². The Morgan fingerprint density at radius 3 is 2.79 bits per heavy atom. The summed E-state index contributed by atoms with van der Waals surface area (Å²) in [6, 6.07) is 2.04. The van der Waals surface area contributed by atoms with Gasteiger partial charge in [-0.3, -0.25) is 0 Å². The van der Waals surface area contributed by atoms with Crippen LogP contribution >= 0.6 is 0 Å². The minimum absolute atomic E-state index is 0.0154. The standard InChI is InChI=1S/C14H22N4O/c1-14(2)9-19-7-6-18(14)12-8-11(15-3)16-13(17-12)10-4-5-10/h8,10H,4-7,9H2,1-3H3,(H,15,16,17). The number of anilines is 2. The van der Waals surface area contributed by atoms with Gasteiger partial charge < -0.3 is 15.0 Å². The summed E-state index contributed by atoms with van der Waals surface area (Å²) in [6.07, 6.45) is 2.44. The highest BCUT2D eigenvalue weighted by atomic mass is 16.5. The van der Waals surface area contributed by atoms with Crippen molar-refractivity contribution in [1.29, 1.82) is 0 Å². The lowest BCUT2D eigenvalue weighted by Gasteiger charge is -2.43. The molecule has 1 saturated heterocycles. The van der Waals surface area contributed by atoms with E-state index in [4.69, 9.17) is 9.72 Å². The van der Waals surface area contributed by atoms with Crippen molar-refractivity contribution in [3.05, 3.63) is 11.9 Å². The Morgan fingerprint density at radius 2 is 2.16 bits per heavy atom. The molecule has 3 rings (SSSR count). The van der Waals surface area contributed by atoms with Gasteiger partial charge in [-0.1, -0.05) is 0 Å². The smallest absolute Gasteiger partial charge is 0.136 e. The molecule has 5 nitrogen and oxygen atoms in total. The Kier molecular flexibility index (Phi) is 3.09. The topological polar surface area (TPSA) is 50.3 Å². The average molecular weight is 262 g/mol. The molecule has 0 unspecified atom stereocenters. The van der Waals surface area contributed by atoms with Gasteiger partial charge >= 0.3 is 0 Å². The predicted octanol–water partition coefficient (Wildman–Crippen LogP) is 2.01. The third-order valence-corrected chi connectivity index (χ3v) is 3.85. The van der Waals surface area contributed by atoms with E-state index < -0.39 is 0 Å². The van der Waals surface area contributed by atoms with Crippen LogP contribution in [0.25, 0.3) is 0 Å². The number of ether oxygens (including phenoxy) is 1. The Morgan fingerprint density at radius 1 is 1.37 bits per heavy atom. The van der Waals surface area contributed by atoms with Crippen molar-refractivity contribution in [2.75, 3.05) is 37.0 Å². The first-order valence-corrected chi connectivity index (χ1v) is 7.02. The van der Waals surface area contributed by atoms with E-state index >= 15 is 0 Å². The van der Waals surface area contributed by atoms with E-state index in [1.54, 1.807) is 0 Å². The molecule has 1 aliphatic carbocycles. The summed E-state index contributed by atoms with van der Waals surface area (Å²) in [5, 5.41) is 3.15. The quantitative estimate of drug-likeness (QED) is 0.903. The van der Waals surface area contributed by atoms with Crippen molar-refractivity contribution >= 4 is 11.6 Å². The SMILES string of the molecule is CNc1cc(N2CCOCC2(C)C)nc(C2CC2)n1. The number of nitrogens with one attached hydrogen (secondary N) is 1. The highest BCUT2D eigenvalue weighted by Crippen LogP contribution is 2.39. The van der Waals surface area contributed by atoms with Crippen LogP contribution in [-0.2, 0) is 4.74 Å². The largest absolute Gasteiger partial charge is 0.377 e. The van der Waals surface area contributed by atoms with Crippen molar-refractivity contribution in [3.8, 4) is 0 Å². The molecule has 0 spiro atoms. The summed E-state index contributed by atoms with van der Waals surface area (Å²) in [7, 11) is 1.91. The van der Waals surface area contributed by atoms with Gasteiger partial charge in [0.05, 0.1) is 18.8 Å². The molecule has 0 radical (unpaired) electrons. The number of hydrogen-bond donors (Lipinski definition) is 1. The molecule has 1 aromatic rings. The van der Waals surface area contributed by atoms with Gasteiger partial charge in [0.1, 0.15) is 17.5 Å². The average Bonchev–Trinajstić information content (AvgIpc) is 3.22. The Labute approximate surface area is 114 Å². The maximum Gasteiger partial charge on any atom is 0.136 e. The fourth-order valence-electron chi connectivity index (χ4n) is 2.53. The normalized spacial score (nSPS) is 22.4. The minimum Gasteiger partial charge on any atom is -0.377 e. The summed E-state index contributed by atoms with van der Waals surface area (Å²) in [5.74, 6) is 3.49. The Balaban J connectivity index is 1.96. The Bertz CT molecular complexity index is 471. The van der Waals surface area contributed by atoms with Crippen molar-refractivity contribution < 1.29 is 4.74 Å². The van der Waals surface area contributed by atoms with Crippen LogP contribution in [0.1, 0.15) is 38.4 Å². The number of rotatable bonds is 3. The number of nitrogens with zero attached hydrogens (tertiary/aromatic N) is 3. The molecule has 0 aromatic carbocycles. The molecule has 2 heterocycles. The summed E-state index contributed by atoms with van der Waals surface area (Å²) in [5.41, 5.74) is -0.0154. The van der Waals surface area contributed by atoms with Gasteiger partial charge in [-0.15, -0.1) is 0 Å². The molecule has 1 saturated carbocycles. The zero-order valence-electron chi connectivity index (χ0n) is 11.9. The molecule has 5 heteroatoms. The first-order chi connectivity index (χ1) is 9.10. The van der Waals surface area contributed by atoms with E-state index in [-0.39, 0.29) is 5.54 Å². The van der Waals surface area contributed by atoms with Crippen LogP contribution in [0.4, 0.5) is 11.6 Å². The monoisotopic (exact) mass is 262 g/mol. The van der Waals surface area contributed by atoms with Gasteiger partial charge in [0.25, 0.3) is 0 Å². The second kappa shape index (κ2) is 4.63. The molecule has 0 amide bonds. The molecule has 2 fully saturated rings. The molecule has 2 aliphatic rings. The van der Waals surface area contributed by atoms with Crippen LogP contribution in [0.2, 0.25) is 0 Å². The molecule has 104 valence electrons. The molecular formula is C14H22N4O. The highest BCUT2D eigenvalue weighted by Gasteiger charge is 2.33. The third-order valence-electron chi connectivity index (χ3n) is 3.85. The number of hydrogen-bond acceptors (Lipinski definition) is 5. The van der Waals surface area contributed by atoms with Crippen LogP contribution < -0.4 is 10.2 Å². The van der Waals surface area contributed by atoms with Crippen molar-refractivity contribution in [3.63, 3.8) is 0 Å². The lowest BCUT2D eigenvalue weighted by molar-refractivity contribution is 0.0639. The molecule has 0 atom stereocenters.